The molecule has 1 aliphatic carbocycles. The number of anilines is 1. The Bertz CT molecular complexity index is 509. The highest BCUT2D eigenvalue weighted by atomic mass is 16.4. The van der Waals surface area contributed by atoms with Crippen molar-refractivity contribution >= 4 is 11.7 Å². The first-order chi connectivity index (χ1) is 8.18. The number of nitrogens with one attached hydrogen (secondary N) is 1. The molecule has 88 valence electrons. The van der Waals surface area contributed by atoms with Gasteiger partial charge in [0, 0.05) is 5.92 Å². The van der Waals surface area contributed by atoms with Crippen molar-refractivity contribution in [3.05, 3.63) is 35.9 Å². The van der Waals surface area contributed by atoms with E-state index in [2.05, 4.69) is 5.32 Å². The van der Waals surface area contributed by atoms with Crippen LogP contribution in [0.5, 0.6) is 5.75 Å². The maximum Gasteiger partial charge on any atom is 0.138 e. The van der Waals surface area contributed by atoms with Crippen molar-refractivity contribution in [1.82, 2.24) is 0 Å². The second-order valence-corrected chi connectivity index (χ2v) is 4.54. The Morgan fingerprint density at radius 3 is 3.06 bits per heavy atom. The summed E-state index contributed by atoms with van der Waals surface area (Å²) in [7, 11) is 0. The Kier molecular flexibility index (Phi) is 2.11. The third-order valence-electron chi connectivity index (χ3n) is 3.63. The lowest BCUT2D eigenvalue weighted by molar-refractivity contribution is -0.308. The van der Waals surface area contributed by atoms with Crippen molar-refractivity contribution in [2.75, 3.05) is 5.32 Å². The molecule has 3 atom stereocenters. The second kappa shape index (κ2) is 3.52. The molecule has 1 aromatic rings. The highest BCUT2D eigenvalue weighted by Gasteiger charge is 2.38. The third-order valence-corrected chi connectivity index (χ3v) is 3.63. The monoisotopic (exact) mass is 230 g/mol. The SMILES string of the molecule is O=C([O-])[C@@H]1Nc2c(O)cccc2[C@H]2C=CC[C@@H]21. The number of rotatable bonds is 1. The summed E-state index contributed by atoms with van der Waals surface area (Å²) in [6.45, 7) is 0. The van der Waals surface area contributed by atoms with E-state index >= 15 is 0 Å². The topological polar surface area (TPSA) is 72.4 Å². The quantitative estimate of drug-likeness (QED) is 0.547. The molecule has 1 heterocycles. The predicted octanol–water partition coefficient (Wildman–Crippen LogP) is 0.596. The summed E-state index contributed by atoms with van der Waals surface area (Å²) in [6, 6.07) is 4.51. The van der Waals surface area contributed by atoms with Gasteiger partial charge in [-0.1, -0.05) is 24.3 Å². The highest BCUT2D eigenvalue weighted by molar-refractivity contribution is 5.80. The van der Waals surface area contributed by atoms with Crippen LogP contribution < -0.4 is 10.4 Å². The van der Waals surface area contributed by atoms with Crippen LogP contribution in [0.4, 0.5) is 5.69 Å². The number of carbonyl (C=O) groups excluding carboxylic acids is 1. The van der Waals surface area contributed by atoms with E-state index in [4.69, 9.17) is 0 Å². The number of para-hydroxylation sites is 1. The largest absolute Gasteiger partial charge is 0.548 e. The van der Waals surface area contributed by atoms with Gasteiger partial charge in [0.1, 0.15) is 5.75 Å². The molecule has 3 rings (SSSR count). The third kappa shape index (κ3) is 1.40. The zero-order valence-corrected chi connectivity index (χ0v) is 9.09. The van der Waals surface area contributed by atoms with Crippen LogP contribution in [0.1, 0.15) is 17.9 Å². The maximum absolute atomic E-state index is 11.1. The number of hydrogen-bond acceptors (Lipinski definition) is 4. The first-order valence-corrected chi connectivity index (χ1v) is 5.64. The smallest absolute Gasteiger partial charge is 0.138 e. The summed E-state index contributed by atoms with van der Waals surface area (Å²) in [6.07, 6.45) is 4.73. The van der Waals surface area contributed by atoms with Crippen molar-refractivity contribution in [2.45, 2.75) is 18.4 Å². The van der Waals surface area contributed by atoms with Crippen molar-refractivity contribution in [3.63, 3.8) is 0 Å². The molecule has 0 saturated carbocycles. The summed E-state index contributed by atoms with van der Waals surface area (Å²) in [5.41, 5.74) is 1.48. The number of allylic oxidation sites excluding steroid dienone is 2. The Balaban J connectivity index is 2.12. The Labute approximate surface area is 98.6 Å². The van der Waals surface area contributed by atoms with E-state index in [9.17, 15) is 15.0 Å². The molecular formula is C13H12NO3-. The van der Waals surface area contributed by atoms with Crippen LogP contribution in [-0.4, -0.2) is 17.1 Å². The fourth-order valence-corrected chi connectivity index (χ4v) is 2.84. The highest BCUT2D eigenvalue weighted by Crippen LogP contribution is 2.47. The average molecular weight is 230 g/mol. The van der Waals surface area contributed by atoms with Crippen molar-refractivity contribution in [1.29, 1.82) is 0 Å². The van der Waals surface area contributed by atoms with Gasteiger partial charge in [0.2, 0.25) is 0 Å². The van der Waals surface area contributed by atoms with Gasteiger partial charge in [-0.15, -0.1) is 0 Å². The number of fused-ring (bicyclic) bond motifs is 3. The van der Waals surface area contributed by atoms with Gasteiger partial charge in [-0.05, 0) is 24.0 Å². The minimum atomic E-state index is -1.11. The molecule has 0 amide bonds. The molecular weight excluding hydrogens is 218 g/mol. The van der Waals surface area contributed by atoms with Crippen LogP contribution >= 0.6 is 0 Å². The Morgan fingerprint density at radius 2 is 2.29 bits per heavy atom. The van der Waals surface area contributed by atoms with Gasteiger partial charge in [0.15, 0.2) is 0 Å². The molecule has 0 radical (unpaired) electrons. The van der Waals surface area contributed by atoms with Crippen LogP contribution in [0.15, 0.2) is 30.4 Å². The van der Waals surface area contributed by atoms with E-state index in [0.29, 0.717) is 5.69 Å². The summed E-state index contributed by atoms with van der Waals surface area (Å²) in [5.74, 6) is -0.986. The van der Waals surface area contributed by atoms with Gasteiger partial charge < -0.3 is 20.3 Å². The minimum Gasteiger partial charge on any atom is -0.548 e. The van der Waals surface area contributed by atoms with E-state index in [1.54, 1.807) is 12.1 Å². The normalized spacial score (nSPS) is 29.3. The Morgan fingerprint density at radius 1 is 1.47 bits per heavy atom. The lowest BCUT2D eigenvalue weighted by Crippen LogP contribution is -2.48. The van der Waals surface area contributed by atoms with Gasteiger partial charge in [-0.2, -0.15) is 0 Å². The zero-order chi connectivity index (χ0) is 12.0. The van der Waals surface area contributed by atoms with E-state index in [1.165, 1.54) is 0 Å². The zero-order valence-electron chi connectivity index (χ0n) is 9.09. The first-order valence-electron chi connectivity index (χ1n) is 5.64. The van der Waals surface area contributed by atoms with Crippen molar-refractivity contribution < 1.29 is 15.0 Å². The molecule has 4 heteroatoms. The van der Waals surface area contributed by atoms with Gasteiger partial charge in [0.25, 0.3) is 0 Å². The van der Waals surface area contributed by atoms with E-state index in [1.807, 2.05) is 18.2 Å². The Hall–Kier alpha value is -1.97. The molecule has 0 fully saturated rings. The summed E-state index contributed by atoms with van der Waals surface area (Å²) in [4.78, 5) is 11.1. The number of phenolic OH excluding ortho intramolecular Hbond substituents is 1. The molecule has 4 nitrogen and oxygen atoms in total. The molecule has 17 heavy (non-hydrogen) atoms. The van der Waals surface area contributed by atoms with Gasteiger partial charge in [-0.25, -0.2) is 0 Å². The molecule has 0 unspecified atom stereocenters. The number of hydrogen-bond donors (Lipinski definition) is 2. The van der Waals surface area contributed by atoms with Crippen LogP contribution in [-0.2, 0) is 4.79 Å². The number of phenols is 1. The van der Waals surface area contributed by atoms with Gasteiger partial charge in [-0.3, -0.25) is 0 Å². The molecule has 0 bridgehead atoms. The lowest BCUT2D eigenvalue weighted by atomic mass is 9.79. The van der Waals surface area contributed by atoms with Crippen LogP contribution in [0.25, 0.3) is 0 Å². The molecule has 0 aromatic heterocycles. The van der Waals surface area contributed by atoms with Crippen LogP contribution in [0.2, 0.25) is 0 Å². The van der Waals surface area contributed by atoms with E-state index in [-0.39, 0.29) is 17.6 Å². The summed E-state index contributed by atoms with van der Waals surface area (Å²) < 4.78 is 0. The van der Waals surface area contributed by atoms with Crippen molar-refractivity contribution in [3.8, 4) is 5.75 Å². The maximum atomic E-state index is 11.1. The number of carboxylic acids is 1. The van der Waals surface area contributed by atoms with Crippen LogP contribution in [0.3, 0.4) is 0 Å². The standard InChI is InChI=1S/C13H13NO3/c15-10-6-2-5-8-7-3-1-4-9(7)12(13(16)17)14-11(8)10/h1-3,5-7,9,12,14-15H,4H2,(H,16,17)/p-1/t7-,9+,12-/m1/s1. The number of benzene rings is 1. The molecule has 0 spiro atoms. The predicted molar refractivity (Wildman–Crippen MR) is 60.5 cm³/mol. The molecule has 2 aliphatic rings. The number of aromatic hydroxyl groups is 1. The summed E-state index contributed by atoms with van der Waals surface area (Å²) >= 11 is 0. The van der Waals surface area contributed by atoms with E-state index < -0.39 is 12.0 Å². The molecule has 0 saturated heterocycles. The number of carboxylic acid groups (broad SMARTS) is 1. The minimum absolute atomic E-state index is 0.0192. The number of carbonyl (C=O) groups is 1. The van der Waals surface area contributed by atoms with Crippen LogP contribution in [0, 0.1) is 5.92 Å². The molecule has 1 aliphatic heterocycles. The first kappa shape index (κ1) is 10.2. The molecule has 1 aromatic carbocycles. The van der Waals surface area contributed by atoms with E-state index in [0.717, 1.165) is 12.0 Å². The van der Waals surface area contributed by atoms with Gasteiger partial charge in [0.05, 0.1) is 17.7 Å². The fourth-order valence-electron chi connectivity index (χ4n) is 2.84. The lowest BCUT2D eigenvalue weighted by Gasteiger charge is -2.37. The number of aliphatic carboxylic acids is 1. The molecule has 2 N–H and O–H groups in total. The summed E-state index contributed by atoms with van der Waals surface area (Å²) in [5, 5.41) is 23.8. The second-order valence-electron chi connectivity index (χ2n) is 4.54. The van der Waals surface area contributed by atoms with Gasteiger partial charge >= 0.3 is 0 Å². The fraction of sp³-hybridized carbons (Fsp3) is 0.308. The average Bonchev–Trinajstić information content (AvgIpc) is 2.77. The van der Waals surface area contributed by atoms with Crippen molar-refractivity contribution in [2.24, 2.45) is 5.92 Å².